The van der Waals surface area contributed by atoms with Crippen LogP contribution < -0.4 is 5.01 Å². The van der Waals surface area contributed by atoms with Gasteiger partial charge >= 0.3 is 5.97 Å². The molecule has 0 N–H and O–H groups in total. The molecular weight excluding hydrogens is 412 g/mol. The number of benzene rings is 3. The van der Waals surface area contributed by atoms with Crippen molar-refractivity contribution in [1.29, 1.82) is 0 Å². The Labute approximate surface area is 193 Å². The summed E-state index contributed by atoms with van der Waals surface area (Å²) in [5.74, 6) is -1.30. The lowest BCUT2D eigenvalue weighted by molar-refractivity contribution is -0.150. The molecule has 0 saturated heterocycles. The third kappa shape index (κ3) is 2.81. The summed E-state index contributed by atoms with van der Waals surface area (Å²) in [5, 5.41) is 6.15. The molecule has 33 heavy (non-hydrogen) atoms. The first-order chi connectivity index (χ1) is 16.0. The van der Waals surface area contributed by atoms with Gasteiger partial charge in [0.05, 0.1) is 28.8 Å². The molecule has 166 valence electrons. The molecule has 5 rings (SSSR count). The monoisotopic (exact) mass is 438 g/mol. The molecule has 1 fully saturated rings. The van der Waals surface area contributed by atoms with E-state index in [9.17, 15) is 9.59 Å². The number of hydrazone groups is 1. The number of hydrogen-bond acceptors (Lipinski definition) is 4. The number of hydrogen-bond donors (Lipinski definition) is 0. The van der Waals surface area contributed by atoms with E-state index in [1.165, 1.54) is 5.01 Å². The number of esters is 1. The van der Waals surface area contributed by atoms with Crippen LogP contribution in [0.5, 0.6) is 0 Å². The fraction of sp³-hybridized carbons (Fsp3) is 0.250. The van der Waals surface area contributed by atoms with Crippen LogP contribution in [0.1, 0.15) is 31.9 Å². The second-order valence-electron chi connectivity index (χ2n) is 8.90. The Balaban J connectivity index is 1.76. The number of anilines is 1. The molecule has 1 aliphatic carbocycles. The number of rotatable bonds is 5. The summed E-state index contributed by atoms with van der Waals surface area (Å²) in [6.07, 6.45) is -0.293. The van der Waals surface area contributed by atoms with Crippen molar-refractivity contribution in [2.24, 2.45) is 16.4 Å². The van der Waals surface area contributed by atoms with Crippen molar-refractivity contribution >= 4 is 23.3 Å². The molecule has 3 aromatic carbocycles. The molecule has 5 nitrogen and oxygen atoms in total. The molecule has 0 radical (unpaired) electrons. The second kappa shape index (κ2) is 7.69. The molecule has 2 unspecified atom stereocenters. The number of carbonyl (C=O) groups is 2. The van der Waals surface area contributed by atoms with E-state index in [4.69, 9.17) is 9.84 Å². The van der Waals surface area contributed by atoms with Crippen LogP contribution in [0.25, 0.3) is 0 Å². The zero-order valence-electron chi connectivity index (χ0n) is 18.9. The van der Waals surface area contributed by atoms with Crippen molar-refractivity contribution in [2.45, 2.75) is 32.3 Å². The highest BCUT2D eigenvalue weighted by Gasteiger charge is 2.88. The second-order valence-corrected chi connectivity index (χ2v) is 8.90. The molecule has 2 atom stereocenters. The van der Waals surface area contributed by atoms with Gasteiger partial charge in [0.1, 0.15) is 5.41 Å². The van der Waals surface area contributed by atoms with Gasteiger partial charge in [0.2, 0.25) is 0 Å². The number of nitrogens with zero attached hydrogens (tertiary/aromatic N) is 2. The minimum Gasteiger partial charge on any atom is -0.463 e. The fourth-order valence-electron chi connectivity index (χ4n) is 5.61. The summed E-state index contributed by atoms with van der Waals surface area (Å²) in [4.78, 5) is 27.9. The third-order valence-electron chi connectivity index (χ3n) is 6.80. The van der Waals surface area contributed by atoms with E-state index in [0.717, 1.165) is 11.1 Å². The van der Waals surface area contributed by atoms with E-state index >= 15 is 0 Å². The standard InChI is InChI=1S/C28H26N2O3/c1-19(2)33-25(31)24-27(20(3)29-30(26(27)32)23-17-11-6-12-18-23)28(24,21-13-7-4-8-14-21)22-15-9-5-10-16-22/h4-19,24H,1-3H3. The largest absolute Gasteiger partial charge is 0.463 e. The van der Waals surface area contributed by atoms with E-state index in [-0.39, 0.29) is 18.0 Å². The Kier molecular flexibility index (Phi) is 4.93. The van der Waals surface area contributed by atoms with Crippen molar-refractivity contribution in [3.05, 3.63) is 102 Å². The van der Waals surface area contributed by atoms with Crippen LogP contribution in [0.3, 0.4) is 0 Å². The number of ether oxygens (including phenoxy) is 1. The smallest absolute Gasteiger partial charge is 0.312 e. The first-order valence-electron chi connectivity index (χ1n) is 11.2. The van der Waals surface area contributed by atoms with Gasteiger partial charge in [-0.05, 0) is 44.0 Å². The maximum atomic E-state index is 14.3. The molecule has 1 heterocycles. The zero-order valence-corrected chi connectivity index (χ0v) is 18.9. The predicted molar refractivity (Wildman–Crippen MR) is 128 cm³/mol. The van der Waals surface area contributed by atoms with E-state index < -0.39 is 16.7 Å². The molecular formula is C28H26N2O3. The van der Waals surface area contributed by atoms with Gasteiger partial charge in [0, 0.05) is 0 Å². The Morgan fingerprint density at radius 2 is 1.33 bits per heavy atom. The molecule has 3 aromatic rings. The lowest BCUT2D eigenvalue weighted by Gasteiger charge is -2.23. The average molecular weight is 439 g/mol. The molecule has 0 bridgehead atoms. The molecule has 1 saturated carbocycles. The summed E-state index contributed by atoms with van der Waals surface area (Å²) < 4.78 is 5.73. The molecule has 5 heteroatoms. The molecule has 1 spiro atoms. The van der Waals surface area contributed by atoms with Crippen LogP contribution in [0.4, 0.5) is 5.69 Å². The van der Waals surface area contributed by atoms with Gasteiger partial charge in [-0.15, -0.1) is 0 Å². The van der Waals surface area contributed by atoms with Gasteiger partial charge in [-0.2, -0.15) is 10.1 Å². The summed E-state index contributed by atoms with van der Waals surface area (Å²) in [5.41, 5.74) is 1.04. The van der Waals surface area contributed by atoms with Crippen LogP contribution >= 0.6 is 0 Å². The van der Waals surface area contributed by atoms with Crippen LogP contribution in [0, 0.1) is 11.3 Å². The normalized spacial score (nSPS) is 23.0. The van der Waals surface area contributed by atoms with Gasteiger partial charge in [-0.3, -0.25) is 9.59 Å². The minimum absolute atomic E-state index is 0.204. The summed E-state index contributed by atoms with van der Waals surface area (Å²) in [6.45, 7) is 5.50. The number of amides is 1. The highest BCUT2D eigenvalue weighted by Crippen LogP contribution is 2.75. The summed E-state index contributed by atoms with van der Waals surface area (Å²) >= 11 is 0. The molecule has 1 amide bonds. The van der Waals surface area contributed by atoms with E-state index in [0.29, 0.717) is 11.4 Å². The Hall–Kier alpha value is -3.73. The van der Waals surface area contributed by atoms with Gasteiger partial charge in [0.15, 0.2) is 0 Å². The summed E-state index contributed by atoms with van der Waals surface area (Å²) in [6, 6.07) is 28.9. The number of carbonyl (C=O) groups excluding carboxylic acids is 2. The Morgan fingerprint density at radius 3 is 1.82 bits per heavy atom. The Bertz CT molecular complexity index is 1180. The van der Waals surface area contributed by atoms with Crippen LogP contribution in [-0.4, -0.2) is 23.7 Å². The molecule has 0 aromatic heterocycles. The third-order valence-corrected chi connectivity index (χ3v) is 6.80. The predicted octanol–water partition coefficient (Wildman–Crippen LogP) is 4.96. The first kappa shape index (κ1) is 21.1. The van der Waals surface area contributed by atoms with E-state index in [1.807, 2.05) is 112 Å². The van der Waals surface area contributed by atoms with Crippen LogP contribution in [0.15, 0.2) is 96.1 Å². The lowest BCUT2D eigenvalue weighted by Crippen LogP contribution is -2.35. The number of para-hydroxylation sites is 1. The lowest BCUT2D eigenvalue weighted by atomic mass is 9.78. The minimum atomic E-state index is -1.16. The maximum absolute atomic E-state index is 14.3. The maximum Gasteiger partial charge on any atom is 0.312 e. The van der Waals surface area contributed by atoms with Crippen molar-refractivity contribution in [3.8, 4) is 0 Å². The zero-order chi connectivity index (χ0) is 23.2. The SMILES string of the molecule is CC1=NN(c2ccccc2)C(=O)C12C(C(=O)OC(C)C)C2(c1ccccc1)c1ccccc1. The quantitative estimate of drug-likeness (QED) is 0.529. The van der Waals surface area contributed by atoms with Gasteiger partial charge in [-0.1, -0.05) is 78.9 Å². The highest BCUT2D eigenvalue weighted by atomic mass is 16.5. The van der Waals surface area contributed by atoms with E-state index in [1.54, 1.807) is 0 Å². The van der Waals surface area contributed by atoms with E-state index in [2.05, 4.69) is 0 Å². The van der Waals surface area contributed by atoms with Crippen molar-refractivity contribution in [3.63, 3.8) is 0 Å². The fourth-order valence-corrected chi connectivity index (χ4v) is 5.61. The summed E-state index contributed by atoms with van der Waals surface area (Å²) in [7, 11) is 0. The van der Waals surface area contributed by atoms with Crippen LogP contribution in [0.2, 0.25) is 0 Å². The van der Waals surface area contributed by atoms with Crippen molar-refractivity contribution in [2.75, 3.05) is 5.01 Å². The van der Waals surface area contributed by atoms with Crippen LogP contribution in [-0.2, 0) is 19.7 Å². The topological polar surface area (TPSA) is 59.0 Å². The average Bonchev–Trinajstić information content (AvgIpc) is 3.42. The first-order valence-corrected chi connectivity index (χ1v) is 11.2. The van der Waals surface area contributed by atoms with Gasteiger partial charge in [-0.25, -0.2) is 0 Å². The van der Waals surface area contributed by atoms with Gasteiger partial charge in [0.25, 0.3) is 5.91 Å². The van der Waals surface area contributed by atoms with Crippen molar-refractivity contribution in [1.82, 2.24) is 0 Å². The molecule has 2 aliphatic rings. The highest BCUT2D eigenvalue weighted by molar-refractivity contribution is 6.27. The van der Waals surface area contributed by atoms with Gasteiger partial charge < -0.3 is 4.74 Å². The Morgan fingerprint density at radius 1 is 0.848 bits per heavy atom. The molecule has 1 aliphatic heterocycles. The van der Waals surface area contributed by atoms with Crippen molar-refractivity contribution < 1.29 is 14.3 Å².